The van der Waals surface area contributed by atoms with Gasteiger partial charge in [0.2, 0.25) is 0 Å². The van der Waals surface area contributed by atoms with Crippen molar-refractivity contribution in [3.63, 3.8) is 0 Å². The molecule has 4 aromatic rings. The Morgan fingerprint density at radius 2 is 1.26 bits per heavy atom. The molecule has 0 N–H and O–H groups in total. The predicted molar refractivity (Wildman–Crippen MR) is 151 cm³/mol. The van der Waals surface area contributed by atoms with E-state index in [4.69, 9.17) is 9.15 Å². The molecule has 0 unspecified atom stereocenters. The van der Waals surface area contributed by atoms with E-state index in [1.807, 2.05) is 73.6 Å². The number of hydrogen-bond donors (Lipinski definition) is 0. The van der Waals surface area contributed by atoms with Crippen LogP contribution in [0.2, 0.25) is 0 Å². The van der Waals surface area contributed by atoms with Crippen LogP contribution in [-0.2, 0) is 26.2 Å². The third-order valence-corrected chi connectivity index (χ3v) is 6.39. The van der Waals surface area contributed by atoms with E-state index in [0.29, 0.717) is 25.4 Å². The van der Waals surface area contributed by atoms with Crippen LogP contribution in [0.5, 0.6) is 5.75 Å². The quantitative estimate of drug-likeness (QED) is 0.231. The van der Waals surface area contributed by atoms with Gasteiger partial charge < -0.3 is 19.0 Å². The standard InChI is InChI=1S/C32H37N3O3/c1-33(2)20-21-35(24-27-12-8-5-9-13-27)32(36)31-19-18-30(38-31)25-34(22-26-10-6-4-7-11-26)23-28-14-16-29(37-3)17-15-28/h4-19H,20-25H2,1-3H3. The van der Waals surface area contributed by atoms with Crippen LogP contribution in [0.3, 0.4) is 0 Å². The van der Waals surface area contributed by atoms with E-state index >= 15 is 0 Å². The first-order valence-electron chi connectivity index (χ1n) is 13.0. The fourth-order valence-corrected chi connectivity index (χ4v) is 4.33. The number of carbonyl (C=O) groups excluding carboxylic acids is 1. The lowest BCUT2D eigenvalue weighted by Crippen LogP contribution is -2.36. The lowest BCUT2D eigenvalue weighted by molar-refractivity contribution is 0.0695. The van der Waals surface area contributed by atoms with E-state index in [9.17, 15) is 4.79 Å². The monoisotopic (exact) mass is 511 g/mol. The minimum atomic E-state index is -0.0910. The van der Waals surface area contributed by atoms with Crippen molar-refractivity contribution in [3.05, 3.63) is 125 Å². The van der Waals surface area contributed by atoms with Gasteiger partial charge in [-0.2, -0.15) is 0 Å². The summed E-state index contributed by atoms with van der Waals surface area (Å²) < 4.78 is 11.5. The summed E-state index contributed by atoms with van der Waals surface area (Å²) in [6.45, 7) is 4.03. The zero-order valence-corrected chi connectivity index (χ0v) is 22.5. The van der Waals surface area contributed by atoms with Gasteiger partial charge in [-0.1, -0.05) is 72.8 Å². The van der Waals surface area contributed by atoms with Gasteiger partial charge in [0.05, 0.1) is 13.7 Å². The summed E-state index contributed by atoms with van der Waals surface area (Å²) in [6.07, 6.45) is 0. The summed E-state index contributed by atoms with van der Waals surface area (Å²) in [5.41, 5.74) is 3.50. The first kappa shape index (κ1) is 27.2. The Balaban J connectivity index is 1.49. The molecular weight excluding hydrogens is 474 g/mol. The largest absolute Gasteiger partial charge is 0.497 e. The molecule has 0 aliphatic rings. The van der Waals surface area contributed by atoms with Crippen molar-refractivity contribution in [2.75, 3.05) is 34.3 Å². The highest BCUT2D eigenvalue weighted by Crippen LogP contribution is 2.19. The van der Waals surface area contributed by atoms with Crippen LogP contribution >= 0.6 is 0 Å². The Hall–Kier alpha value is -3.87. The summed E-state index contributed by atoms with van der Waals surface area (Å²) in [5, 5.41) is 0. The molecule has 3 aromatic carbocycles. The number of rotatable bonds is 13. The molecule has 4 rings (SSSR count). The van der Waals surface area contributed by atoms with Gasteiger partial charge in [-0.3, -0.25) is 9.69 Å². The van der Waals surface area contributed by atoms with Crippen LogP contribution < -0.4 is 4.74 Å². The van der Waals surface area contributed by atoms with Crippen molar-refractivity contribution < 1.29 is 13.9 Å². The second-order valence-corrected chi connectivity index (χ2v) is 9.76. The summed E-state index contributed by atoms with van der Waals surface area (Å²) in [6, 6.07) is 32.3. The molecular formula is C32H37N3O3. The maximum absolute atomic E-state index is 13.5. The van der Waals surface area contributed by atoms with Crippen LogP contribution in [0.1, 0.15) is 33.0 Å². The first-order chi connectivity index (χ1) is 18.5. The Labute approximate surface area is 226 Å². The second-order valence-electron chi connectivity index (χ2n) is 9.76. The van der Waals surface area contributed by atoms with Gasteiger partial charge >= 0.3 is 0 Å². The molecule has 0 saturated heterocycles. The van der Waals surface area contributed by atoms with E-state index in [0.717, 1.165) is 36.7 Å². The summed E-state index contributed by atoms with van der Waals surface area (Å²) in [5.74, 6) is 1.89. The average Bonchev–Trinajstić information content (AvgIpc) is 3.40. The van der Waals surface area contributed by atoms with Crippen molar-refractivity contribution in [3.8, 4) is 5.75 Å². The molecule has 0 atom stereocenters. The van der Waals surface area contributed by atoms with Crippen molar-refractivity contribution in [2.45, 2.75) is 26.2 Å². The van der Waals surface area contributed by atoms with Gasteiger partial charge in [0, 0.05) is 32.7 Å². The summed E-state index contributed by atoms with van der Waals surface area (Å²) >= 11 is 0. The van der Waals surface area contributed by atoms with Crippen LogP contribution in [0.4, 0.5) is 0 Å². The molecule has 38 heavy (non-hydrogen) atoms. The highest BCUT2D eigenvalue weighted by atomic mass is 16.5. The number of nitrogens with zero attached hydrogens (tertiary/aromatic N) is 3. The van der Waals surface area contributed by atoms with Crippen molar-refractivity contribution >= 4 is 5.91 Å². The number of furan rings is 1. The zero-order chi connectivity index (χ0) is 26.7. The molecule has 1 amide bonds. The number of likely N-dealkylation sites (N-methyl/N-ethyl adjacent to an activating group) is 1. The highest BCUT2D eigenvalue weighted by Gasteiger charge is 2.21. The topological polar surface area (TPSA) is 49.2 Å². The van der Waals surface area contributed by atoms with E-state index in [2.05, 4.69) is 46.2 Å². The van der Waals surface area contributed by atoms with Gasteiger partial charge in [-0.05, 0) is 55.1 Å². The molecule has 0 radical (unpaired) electrons. The van der Waals surface area contributed by atoms with E-state index < -0.39 is 0 Å². The molecule has 198 valence electrons. The maximum atomic E-state index is 13.5. The molecule has 0 bridgehead atoms. The minimum Gasteiger partial charge on any atom is -0.497 e. The Kier molecular flexibility index (Phi) is 9.73. The lowest BCUT2D eigenvalue weighted by atomic mass is 10.1. The zero-order valence-electron chi connectivity index (χ0n) is 22.5. The number of carbonyl (C=O) groups is 1. The molecule has 1 heterocycles. The minimum absolute atomic E-state index is 0.0910. The molecule has 0 aliphatic carbocycles. The fourth-order valence-electron chi connectivity index (χ4n) is 4.33. The molecule has 0 saturated carbocycles. The van der Waals surface area contributed by atoms with Crippen LogP contribution in [0.25, 0.3) is 0 Å². The smallest absolute Gasteiger partial charge is 0.289 e. The maximum Gasteiger partial charge on any atom is 0.289 e. The average molecular weight is 512 g/mol. The molecule has 1 aromatic heterocycles. The van der Waals surface area contributed by atoms with E-state index in [1.165, 1.54) is 11.1 Å². The third kappa shape index (κ3) is 8.07. The van der Waals surface area contributed by atoms with Crippen LogP contribution in [0, 0.1) is 0 Å². The van der Waals surface area contributed by atoms with E-state index in [1.54, 1.807) is 13.2 Å². The SMILES string of the molecule is COc1ccc(CN(Cc2ccccc2)Cc2ccc(C(=O)N(CCN(C)C)Cc3ccccc3)o2)cc1. The second kappa shape index (κ2) is 13.6. The molecule has 6 heteroatoms. The van der Waals surface area contributed by atoms with Gasteiger partial charge in [0.25, 0.3) is 5.91 Å². The van der Waals surface area contributed by atoms with Gasteiger partial charge in [-0.25, -0.2) is 0 Å². The van der Waals surface area contributed by atoms with Gasteiger partial charge in [0.1, 0.15) is 11.5 Å². The van der Waals surface area contributed by atoms with E-state index in [-0.39, 0.29) is 5.91 Å². The Morgan fingerprint density at radius 1 is 0.684 bits per heavy atom. The lowest BCUT2D eigenvalue weighted by Gasteiger charge is -2.24. The number of amides is 1. The van der Waals surface area contributed by atoms with Crippen molar-refractivity contribution in [1.82, 2.24) is 14.7 Å². The number of methoxy groups -OCH3 is 1. The summed E-state index contributed by atoms with van der Waals surface area (Å²) in [4.78, 5) is 19.7. The third-order valence-electron chi connectivity index (χ3n) is 6.39. The van der Waals surface area contributed by atoms with Gasteiger partial charge in [0.15, 0.2) is 5.76 Å². The molecule has 6 nitrogen and oxygen atoms in total. The predicted octanol–water partition coefficient (Wildman–Crippen LogP) is 5.69. The molecule has 0 spiro atoms. The van der Waals surface area contributed by atoms with Crippen molar-refractivity contribution in [2.24, 2.45) is 0 Å². The number of benzene rings is 3. The fraction of sp³-hybridized carbons (Fsp3) is 0.281. The summed E-state index contributed by atoms with van der Waals surface area (Å²) in [7, 11) is 5.70. The molecule has 0 aliphatic heterocycles. The molecule has 0 fully saturated rings. The van der Waals surface area contributed by atoms with Crippen LogP contribution in [-0.4, -0.2) is 54.9 Å². The Bertz CT molecular complexity index is 1250. The van der Waals surface area contributed by atoms with Gasteiger partial charge in [-0.15, -0.1) is 0 Å². The van der Waals surface area contributed by atoms with Crippen LogP contribution in [0.15, 0.2) is 101 Å². The Morgan fingerprint density at radius 3 is 1.84 bits per heavy atom. The number of ether oxygens (including phenoxy) is 1. The highest BCUT2D eigenvalue weighted by molar-refractivity contribution is 5.91. The normalized spacial score (nSPS) is 11.2. The van der Waals surface area contributed by atoms with Crippen molar-refractivity contribution in [1.29, 1.82) is 0 Å². The first-order valence-corrected chi connectivity index (χ1v) is 13.0. The number of hydrogen-bond acceptors (Lipinski definition) is 5.